The van der Waals surface area contributed by atoms with Crippen LogP contribution >= 0.6 is 11.6 Å². The first-order valence-corrected chi connectivity index (χ1v) is 5.30. The van der Waals surface area contributed by atoms with Crippen LogP contribution in [0.1, 0.15) is 5.56 Å². The fourth-order valence-electron chi connectivity index (χ4n) is 1.56. The van der Waals surface area contributed by atoms with Crippen molar-refractivity contribution in [3.05, 3.63) is 34.4 Å². The highest BCUT2D eigenvalue weighted by Crippen LogP contribution is 2.29. The van der Waals surface area contributed by atoms with Gasteiger partial charge < -0.3 is 9.64 Å². The third-order valence-corrected chi connectivity index (χ3v) is 2.60. The van der Waals surface area contributed by atoms with Crippen molar-refractivity contribution >= 4 is 23.6 Å². The Kier molecular flexibility index (Phi) is 2.88. The molecule has 3 nitrogen and oxygen atoms in total. The quantitative estimate of drug-likeness (QED) is 0.750. The molecule has 1 aromatic carbocycles. The molecule has 0 bridgehead atoms. The molecule has 84 valence electrons. The van der Waals surface area contributed by atoms with Gasteiger partial charge in [0.05, 0.1) is 5.57 Å². The number of fused-ring (bicyclic) bond motifs is 1. The molecule has 0 radical (unpaired) electrons. The lowest BCUT2D eigenvalue weighted by molar-refractivity contribution is -0.125. The Bertz CT molecular complexity index is 466. The van der Waals surface area contributed by atoms with Gasteiger partial charge in [-0.3, -0.25) is 4.79 Å². The predicted octanol–water partition coefficient (Wildman–Crippen LogP) is 2.20. The highest BCUT2D eigenvalue weighted by Gasteiger charge is 2.18. The van der Waals surface area contributed by atoms with Gasteiger partial charge in [0.25, 0.3) is 5.91 Å². The Balaban J connectivity index is 2.37. The zero-order valence-corrected chi connectivity index (χ0v) is 9.91. The molecule has 0 atom stereocenters. The number of likely N-dealkylation sites (N-methyl/N-ethyl adjacent to an activating group) is 1. The molecular weight excluding hydrogens is 226 g/mol. The summed E-state index contributed by atoms with van der Waals surface area (Å²) in [5, 5.41) is 0.636. The predicted molar refractivity (Wildman–Crippen MR) is 63.6 cm³/mol. The van der Waals surface area contributed by atoms with E-state index in [4.69, 9.17) is 16.3 Å². The second-order valence-electron chi connectivity index (χ2n) is 3.84. The van der Waals surface area contributed by atoms with Gasteiger partial charge in [-0.1, -0.05) is 11.6 Å². The van der Waals surface area contributed by atoms with Crippen molar-refractivity contribution in [2.24, 2.45) is 0 Å². The van der Waals surface area contributed by atoms with Crippen molar-refractivity contribution in [2.75, 3.05) is 20.7 Å². The Hall–Kier alpha value is -1.48. The first-order chi connectivity index (χ1) is 7.58. The third-order valence-electron chi connectivity index (χ3n) is 2.37. The van der Waals surface area contributed by atoms with Crippen molar-refractivity contribution < 1.29 is 9.53 Å². The topological polar surface area (TPSA) is 29.5 Å². The summed E-state index contributed by atoms with van der Waals surface area (Å²) in [4.78, 5) is 13.3. The summed E-state index contributed by atoms with van der Waals surface area (Å²) < 4.78 is 5.49. The molecule has 1 aromatic rings. The summed E-state index contributed by atoms with van der Waals surface area (Å²) in [5.41, 5.74) is 1.49. The van der Waals surface area contributed by atoms with Crippen LogP contribution in [0.3, 0.4) is 0 Å². The SMILES string of the molecule is CN(C)C(=O)C1=Cc2cc(Cl)ccc2OC1. The Morgan fingerprint density at radius 3 is 2.88 bits per heavy atom. The lowest BCUT2D eigenvalue weighted by atomic mass is 10.1. The number of amides is 1. The maximum absolute atomic E-state index is 11.7. The van der Waals surface area contributed by atoms with E-state index in [1.807, 2.05) is 12.1 Å². The van der Waals surface area contributed by atoms with E-state index < -0.39 is 0 Å². The van der Waals surface area contributed by atoms with E-state index in [-0.39, 0.29) is 5.91 Å². The molecule has 0 spiro atoms. The molecule has 1 heterocycles. The maximum atomic E-state index is 11.7. The van der Waals surface area contributed by atoms with Crippen molar-refractivity contribution in [1.82, 2.24) is 4.90 Å². The van der Waals surface area contributed by atoms with Gasteiger partial charge in [0.15, 0.2) is 0 Å². The average Bonchev–Trinajstić information content (AvgIpc) is 2.26. The number of ether oxygens (including phenoxy) is 1. The second-order valence-corrected chi connectivity index (χ2v) is 4.28. The average molecular weight is 238 g/mol. The van der Waals surface area contributed by atoms with E-state index in [1.54, 1.807) is 26.2 Å². The number of hydrogen-bond donors (Lipinski definition) is 0. The zero-order chi connectivity index (χ0) is 11.7. The van der Waals surface area contributed by atoms with E-state index in [1.165, 1.54) is 4.90 Å². The highest BCUT2D eigenvalue weighted by molar-refractivity contribution is 6.30. The van der Waals surface area contributed by atoms with Crippen LogP contribution in [-0.4, -0.2) is 31.5 Å². The fraction of sp³-hybridized carbons (Fsp3) is 0.250. The van der Waals surface area contributed by atoms with E-state index >= 15 is 0 Å². The number of rotatable bonds is 1. The van der Waals surface area contributed by atoms with Crippen LogP contribution in [0.5, 0.6) is 5.75 Å². The summed E-state index contributed by atoms with van der Waals surface area (Å²) in [5.74, 6) is 0.727. The van der Waals surface area contributed by atoms with E-state index in [9.17, 15) is 4.79 Å². The van der Waals surface area contributed by atoms with Crippen LogP contribution in [0.4, 0.5) is 0 Å². The third kappa shape index (κ3) is 2.04. The Morgan fingerprint density at radius 1 is 1.44 bits per heavy atom. The number of carbonyl (C=O) groups excluding carboxylic acids is 1. The van der Waals surface area contributed by atoms with Gasteiger partial charge in [0.1, 0.15) is 12.4 Å². The van der Waals surface area contributed by atoms with Gasteiger partial charge in [0.2, 0.25) is 0 Å². The van der Waals surface area contributed by atoms with Crippen LogP contribution in [0.2, 0.25) is 5.02 Å². The molecule has 0 aliphatic carbocycles. The second kappa shape index (κ2) is 4.18. The summed E-state index contributed by atoms with van der Waals surface area (Å²) in [7, 11) is 3.44. The van der Waals surface area contributed by atoms with Crippen molar-refractivity contribution in [3.8, 4) is 5.75 Å². The largest absolute Gasteiger partial charge is 0.488 e. The number of hydrogen-bond acceptors (Lipinski definition) is 2. The van der Waals surface area contributed by atoms with Crippen LogP contribution in [-0.2, 0) is 4.79 Å². The standard InChI is InChI=1S/C12H12ClNO2/c1-14(2)12(15)9-5-8-6-10(13)3-4-11(8)16-7-9/h3-6H,7H2,1-2H3. The highest BCUT2D eigenvalue weighted by atomic mass is 35.5. The summed E-state index contributed by atoms with van der Waals surface area (Å²) in [6.45, 7) is 0.311. The molecule has 0 saturated heterocycles. The monoisotopic (exact) mass is 237 g/mol. The van der Waals surface area contributed by atoms with Gasteiger partial charge in [-0.15, -0.1) is 0 Å². The minimum Gasteiger partial charge on any atom is -0.488 e. The van der Waals surface area contributed by atoms with Crippen LogP contribution < -0.4 is 4.74 Å². The molecule has 1 aliphatic rings. The number of carbonyl (C=O) groups is 1. The molecule has 0 saturated carbocycles. The minimum absolute atomic E-state index is 0.0365. The van der Waals surface area contributed by atoms with Crippen LogP contribution in [0, 0.1) is 0 Å². The van der Waals surface area contributed by atoms with Gasteiger partial charge in [-0.2, -0.15) is 0 Å². The Labute approximate surface area is 99.3 Å². The van der Waals surface area contributed by atoms with Gasteiger partial charge in [-0.25, -0.2) is 0 Å². The molecule has 1 amide bonds. The molecule has 2 rings (SSSR count). The molecule has 16 heavy (non-hydrogen) atoms. The van der Waals surface area contributed by atoms with Crippen LogP contribution in [0.25, 0.3) is 6.08 Å². The van der Waals surface area contributed by atoms with Gasteiger partial charge >= 0.3 is 0 Å². The van der Waals surface area contributed by atoms with Gasteiger partial charge in [-0.05, 0) is 24.3 Å². The van der Waals surface area contributed by atoms with Crippen molar-refractivity contribution in [3.63, 3.8) is 0 Å². The lowest BCUT2D eigenvalue weighted by Crippen LogP contribution is -2.27. The van der Waals surface area contributed by atoms with Crippen LogP contribution in [0.15, 0.2) is 23.8 Å². The first-order valence-electron chi connectivity index (χ1n) is 4.92. The van der Waals surface area contributed by atoms with Crippen molar-refractivity contribution in [1.29, 1.82) is 0 Å². The molecular formula is C12H12ClNO2. The molecule has 1 aliphatic heterocycles. The zero-order valence-electron chi connectivity index (χ0n) is 9.16. The smallest absolute Gasteiger partial charge is 0.252 e. The summed E-state index contributed by atoms with van der Waals surface area (Å²) in [6, 6.07) is 5.37. The van der Waals surface area contributed by atoms with E-state index in [2.05, 4.69) is 0 Å². The van der Waals surface area contributed by atoms with E-state index in [0.29, 0.717) is 17.2 Å². The number of benzene rings is 1. The summed E-state index contributed by atoms with van der Waals surface area (Å²) in [6.07, 6.45) is 1.83. The molecule has 0 unspecified atom stereocenters. The fourth-order valence-corrected chi connectivity index (χ4v) is 1.74. The van der Waals surface area contributed by atoms with Crippen molar-refractivity contribution in [2.45, 2.75) is 0 Å². The summed E-state index contributed by atoms with van der Waals surface area (Å²) >= 11 is 5.89. The molecule has 0 fully saturated rings. The first kappa shape index (κ1) is 11.0. The minimum atomic E-state index is -0.0365. The molecule has 0 N–H and O–H groups in total. The lowest BCUT2D eigenvalue weighted by Gasteiger charge is -2.19. The number of halogens is 1. The maximum Gasteiger partial charge on any atom is 0.252 e. The number of nitrogens with zero attached hydrogens (tertiary/aromatic N) is 1. The normalized spacial score (nSPS) is 13.6. The Morgan fingerprint density at radius 2 is 2.19 bits per heavy atom. The molecule has 0 aromatic heterocycles. The van der Waals surface area contributed by atoms with E-state index in [0.717, 1.165) is 11.3 Å². The van der Waals surface area contributed by atoms with Gasteiger partial charge in [0, 0.05) is 24.7 Å². The molecule has 4 heteroatoms.